The lowest BCUT2D eigenvalue weighted by Crippen LogP contribution is -2.09. The zero-order valence-electron chi connectivity index (χ0n) is 33.5. The highest BCUT2D eigenvalue weighted by atomic mass is 32.1. The van der Waals surface area contributed by atoms with E-state index in [1.807, 2.05) is 45.3 Å². The van der Waals surface area contributed by atoms with E-state index in [1.165, 1.54) is 124 Å². The van der Waals surface area contributed by atoms with Crippen LogP contribution in [0.25, 0.3) is 124 Å². The molecule has 11 aromatic carbocycles. The number of thiophene rings is 4. The molecule has 1 nitrogen and oxygen atoms in total. The van der Waals surface area contributed by atoms with Crippen LogP contribution >= 0.6 is 45.3 Å². The summed E-state index contributed by atoms with van der Waals surface area (Å²) >= 11 is 7.64. The molecule has 0 unspecified atom stereocenters. The van der Waals surface area contributed by atoms with Gasteiger partial charge < -0.3 is 4.90 Å². The van der Waals surface area contributed by atoms with Crippen LogP contribution in [0.2, 0.25) is 0 Å². The summed E-state index contributed by atoms with van der Waals surface area (Å²) in [6.45, 7) is 0. The quantitative estimate of drug-likeness (QED) is 0.171. The molecule has 0 aliphatic rings. The van der Waals surface area contributed by atoms with Gasteiger partial charge in [0.25, 0.3) is 0 Å². The van der Waals surface area contributed by atoms with E-state index < -0.39 is 0 Å². The third-order valence-corrected chi connectivity index (χ3v) is 17.7. The Kier molecular flexibility index (Phi) is 7.08. The number of benzene rings is 11. The van der Waals surface area contributed by atoms with E-state index in [0.717, 1.165) is 17.1 Å². The van der Waals surface area contributed by atoms with Gasteiger partial charge in [-0.3, -0.25) is 0 Å². The number of anilines is 3. The third-order valence-electron chi connectivity index (χ3n) is 13.3. The molecule has 292 valence electrons. The Bertz CT molecular complexity index is 4180. The van der Waals surface area contributed by atoms with Crippen molar-refractivity contribution in [2.45, 2.75) is 0 Å². The Morgan fingerprint density at radius 3 is 0.905 bits per heavy atom. The number of nitrogens with zero attached hydrogens (tertiary/aromatic N) is 1. The fraction of sp³-hybridized carbons (Fsp3) is 0. The SMILES string of the molecule is c1ccc(N(c2ccc3cc4c(cc3c2)sc2cc3sc5cc6ccccc6cc5c3cc24)c2ccc3cc4c(cc3c2)sc2cc3sc5cc6ccccc6cc5c3cc24)cc1. The van der Waals surface area contributed by atoms with Crippen molar-refractivity contribution in [2.75, 3.05) is 4.90 Å². The third kappa shape index (κ3) is 5.19. The molecule has 0 radical (unpaired) electrons. The number of hydrogen-bond acceptors (Lipinski definition) is 5. The highest BCUT2D eigenvalue weighted by molar-refractivity contribution is 7.29. The first kappa shape index (κ1) is 34.7. The molecule has 5 heteroatoms. The summed E-state index contributed by atoms with van der Waals surface area (Å²) < 4.78 is 10.8. The van der Waals surface area contributed by atoms with Crippen LogP contribution in [0.5, 0.6) is 0 Å². The van der Waals surface area contributed by atoms with Crippen molar-refractivity contribution in [1.29, 1.82) is 0 Å². The van der Waals surface area contributed by atoms with Crippen LogP contribution in [0, 0.1) is 0 Å². The molecule has 63 heavy (non-hydrogen) atoms. The van der Waals surface area contributed by atoms with Crippen molar-refractivity contribution >= 4 is 186 Å². The molecule has 0 fully saturated rings. The average Bonchev–Trinajstić information content (AvgIpc) is 4.05. The van der Waals surface area contributed by atoms with Gasteiger partial charge in [0.15, 0.2) is 0 Å². The summed E-state index contributed by atoms with van der Waals surface area (Å²) in [6, 6.07) is 71.1. The van der Waals surface area contributed by atoms with Crippen molar-refractivity contribution in [3.63, 3.8) is 0 Å². The van der Waals surface area contributed by atoms with Gasteiger partial charge in [0.2, 0.25) is 0 Å². The molecular formula is C58H31NS4. The predicted octanol–water partition coefficient (Wildman–Crippen LogP) is 19.2. The van der Waals surface area contributed by atoms with Crippen LogP contribution in [0.15, 0.2) is 188 Å². The average molecular weight is 870 g/mol. The molecule has 15 rings (SSSR count). The van der Waals surface area contributed by atoms with E-state index >= 15 is 0 Å². The van der Waals surface area contributed by atoms with E-state index in [-0.39, 0.29) is 0 Å². The van der Waals surface area contributed by atoms with Gasteiger partial charge in [-0.1, -0.05) is 78.9 Å². The molecule has 4 aromatic heterocycles. The summed E-state index contributed by atoms with van der Waals surface area (Å²) in [5, 5.41) is 21.0. The predicted molar refractivity (Wildman–Crippen MR) is 283 cm³/mol. The van der Waals surface area contributed by atoms with E-state index in [0.29, 0.717) is 0 Å². The van der Waals surface area contributed by atoms with E-state index in [1.54, 1.807) is 0 Å². The van der Waals surface area contributed by atoms with E-state index in [2.05, 4.69) is 193 Å². The Hall–Kier alpha value is -6.86. The fourth-order valence-corrected chi connectivity index (χ4v) is 15.0. The lowest BCUT2D eigenvalue weighted by Gasteiger charge is -2.26. The number of rotatable bonds is 3. The zero-order chi connectivity index (χ0) is 40.9. The molecule has 0 spiro atoms. The van der Waals surface area contributed by atoms with Crippen LogP contribution in [-0.4, -0.2) is 0 Å². The molecule has 0 atom stereocenters. The molecule has 0 aliphatic carbocycles. The largest absolute Gasteiger partial charge is 0.310 e. The van der Waals surface area contributed by atoms with Crippen LogP contribution in [0.1, 0.15) is 0 Å². The number of para-hydroxylation sites is 1. The maximum Gasteiger partial charge on any atom is 0.0468 e. The highest BCUT2D eigenvalue weighted by Crippen LogP contribution is 2.47. The first-order valence-electron chi connectivity index (χ1n) is 21.3. The lowest BCUT2D eigenvalue weighted by molar-refractivity contribution is 1.29. The maximum atomic E-state index is 2.45. The first-order chi connectivity index (χ1) is 31.1. The van der Waals surface area contributed by atoms with Gasteiger partial charge in [0.1, 0.15) is 0 Å². The van der Waals surface area contributed by atoms with Gasteiger partial charge in [-0.05, 0) is 152 Å². The Balaban J connectivity index is 0.847. The van der Waals surface area contributed by atoms with Gasteiger partial charge >= 0.3 is 0 Å². The first-order valence-corrected chi connectivity index (χ1v) is 24.5. The summed E-state index contributed by atoms with van der Waals surface area (Å²) in [7, 11) is 0. The maximum absolute atomic E-state index is 2.45. The molecule has 0 saturated carbocycles. The van der Waals surface area contributed by atoms with Crippen molar-refractivity contribution < 1.29 is 0 Å². The standard InChI is InChI=1S/C58H31NS4/c1-2-12-40(13-3-1)59(41-16-14-36-22-45-49-28-47-43-20-32-8-4-6-10-34(32)24-51(43)60-55(47)30-57(49)62-53(45)26-38(36)18-41)42-17-15-37-23-46-50-29-48-44-21-33-9-5-7-11-35(33)25-52(44)61-56(48)31-58(50)63-54(46)27-39(37)19-42/h1-31H. The molecule has 0 N–H and O–H groups in total. The smallest absolute Gasteiger partial charge is 0.0468 e. The minimum atomic E-state index is 1.14. The minimum absolute atomic E-state index is 1.14. The lowest BCUT2D eigenvalue weighted by atomic mass is 10.0. The van der Waals surface area contributed by atoms with Gasteiger partial charge in [-0.2, -0.15) is 0 Å². The van der Waals surface area contributed by atoms with Gasteiger partial charge in [-0.25, -0.2) is 0 Å². The molecule has 0 bridgehead atoms. The normalized spacial score (nSPS) is 12.4. The molecular weight excluding hydrogens is 839 g/mol. The topological polar surface area (TPSA) is 3.24 Å². The van der Waals surface area contributed by atoms with Crippen molar-refractivity contribution in [2.24, 2.45) is 0 Å². The van der Waals surface area contributed by atoms with Crippen LogP contribution in [-0.2, 0) is 0 Å². The van der Waals surface area contributed by atoms with Crippen LogP contribution in [0.4, 0.5) is 17.1 Å². The molecule has 0 saturated heterocycles. The molecule has 0 amide bonds. The van der Waals surface area contributed by atoms with Gasteiger partial charge in [0.05, 0.1) is 0 Å². The second-order valence-corrected chi connectivity index (χ2v) is 21.3. The Morgan fingerprint density at radius 1 is 0.206 bits per heavy atom. The van der Waals surface area contributed by atoms with E-state index in [9.17, 15) is 0 Å². The Morgan fingerprint density at radius 2 is 0.508 bits per heavy atom. The molecule has 4 heterocycles. The van der Waals surface area contributed by atoms with Crippen LogP contribution < -0.4 is 4.90 Å². The van der Waals surface area contributed by atoms with Crippen molar-refractivity contribution in [3.05, 3.63) is 188 Å². The highest BCUT2D eigenvalue weighted by Gasteiger charge is 2.18. The Labute approximate surface area is 376 Å². The number of fused-ring (bicyclic) bond motifs is 16. The van der Waals surface area contributed by atoms with Crippen molar-refractivity contribution in [3.8, 4) is 0 Å². The monoisotopic (exact) mass is 869 g/mol. The summed E-state index contributed by atoms with van der Waals surface area (Å²) in [6.07, 6.45) is 0. The second-order valence-electron chi connectivity index (χ2n) is 16.9. The summed E-state index contributed by atoms with van der Waals surface area (Å²) in [5.74, 6) is 0. The van der Waals surface area contributed by atoms with E-state index in [4.69, 9.17) is 0 Å². The molecule has 0 aliphatic heterocycles. The number of hydrogen-bond donors (Lipinski definition) is 0. The minimum Gasteiger partial charge on any atom is -0.310 e. The second kappa shape index (κ2) is 12.9. The van der Waals surface area contributed by atoms with Crippen molar-refractivity contribution in [1.82, 2.24) is 0 Å². The van der Waals surface area contributed by atoms with Gasteiger partial charge in [-0.15, -0.1) is 45.3 Å². The molecule has 15 aromatic rings. The zero-order valence-corrected chi connectivity index (χ0v) is 36.7. The summed E-state index contributed by atoms with van der Waals surface area (Å²) in [5.41, 5.74) is 3.44. The summed E-state index contributed by atoms with van der Waals surface area (Å²) in [4.78, 5) is 2.41. The fourth-order valence-electron chi connectivity index (χ4n) is 10.2. The van der Waals surface area contributed by atoms with Gasteiger partial charge in [0, 0.05) is 97.8 Å². The van der Waals surface area contributed by atoms with Crippen LogP contribution in [0.3, 0.4) is 0 Å².